The van der Waals surface area contributed by atoms with Gasteiger partial charge in [0.25, 0.3) is 5.91 Å². The number of hydrogen-bond acceptors (Lipinski definition) is 5. The number of aromatic nitrogens is 2. The van der Waals surface area contributed by atoms with Crippen molar-refractivity contribution in [3.63, 3.8) is 0 Å². The molecule has 174 valence electrons. The van der Waals surface area contributed by atoms with Crippen LogP contribution in [-0.4, -0.2) is 44.1 Å². The Kier molecular flexibility index (Phi) is 7.10. The lowest BCUT2D eigenvalue weighted by molar-refractivity contribution is 0.0948. The highest BCUT2D eigenvalue weighted by molar-refractivity contribution is 7.89. The van der Waals surface area contributed by atoms with Crippen molar-refractivity contribution in [3.8, 4) is 17.1 Å². The van der Waals surface area contributed by atoms with E-state index in [2.05, 4.69) is 14.6 Å². The first-order chi connectivity index (χ1) is 16.0. The Labute approximate surface area is 194 Å². The lowest BCUT2D eigenvalue weighted by atomic mass is 10.1. The molecule has 1 amide bonds. The van der Waals surface area contributed by atoms with Crippen molar-refractivity contribution in [1.82, 2.24) is 19.6 Å². The lowest BCUT2D eigenvalue weighted by Gasteiger charge is -2.10. The molecule has 2 N–H and O–H groups in total. The van der Waals surface area contributed by atoms with E-state index < -0.39 is 10.0 Å². The Hall–Kier alpha value is -3.17. The fourth-order valence-corrected chi connectivity index (χ4v) is 5.02. The summed E-state index contributed by atoms with van der Waals surface area (Å²) in [5.41, 5.74) is 2.35. The minimum Gasteiger partial charge on any atom is -0.497 e. The molecular formula is C24H28N4O4S. The van der Waals surface area contributed by atoms with Crippen LogP contribution in [0, 0.1) is 0 Å². The summed E-state index contributed by atoms with van der Waals surface area (Å²) in [6.07, 6.45) is 3.98. The van der Waals surface area contributed by atoms with Crippen molar-refractivity contribution in [3.05, 3.63) is 66.0 Å². The third-order valence-electron chi connectivity index (χ3n) is 5.69. The van der Waals surface area contributed by atoms with E-state index in [-0.39, 0.29) is 23.9 Å². The van der Waals surface area contributed by atoms with Crippen molar-refractivity contribution < 1.29 is 17.9 Å². The number of rotatable bonds is 8. The number of sulfonamides is 1. The normalized spacial score (nSPS) is 13.7. The number of benzene rings is 2. The highest BCUT2D eigenvalue weighted by Gasteiger charge is 2.24. The molecule has 0 aliphatic carbocycles. The van der Waals surface area contributed by atoms with Crippen LogP contribution in [0.15, 0.2) is 59.5 Å². The van der Waals surface area contributed by atoms with Gasteiger partial charge in [-0.3, -0.25) is 4.79 Å². The molecule has 2 aromatic carbocycles. The summed E-state index contributed by atoms with van der Waals surface area (Å²) in [6.45, 7) is 1.06. The van der Waals surface area contributed by atoms with Crippen LogP contribution < -0.4 is 14.8 Å². The number of nitrogens with zero attached hydrogens (tertiary/aromatic N) is 2. The third kappa shape index (κ3) is 5.26. The monoisotopic (exact) mass is 468 g/mol. The summed E-state index contributed by atoms with van der Waals surface area (Å²) < 4.78 is 34.6. The SMILES string of the molecule is COc1ccc(S(=O)(=O)NCCNC(=O)c2nc(-c3ccccc3)n3c2CCCCC3)cc1. The second kappa shape index (κ2) is 10.2. The molecule has 0 atom stereocenters. The molecule has 0 unspecified atom stereocenters. The molecule has 3 aromatic rings. The Morgan fingerprint density at radius 2 is 1.79 bits per heavy atom. The maximum Gasteiger partial charge on any atom is 0.271 e. The number of carbonyl (C=O) groups excluding carboxylic acids is 1. The van der Waals surface area contributed by atoms with Crippen LogP contribution >= 0.6 is 0 Å². The van der Waals surface area contributed by atoms with Crippen molar-refractivity contribution in [2.75, 3.05) is 20.2 Å². The zero-order chi connectivity index (χ0) is 23.3. The predicted octanol–water partition coefficient (Wildman–Crippen LogP) is 2.99. The van der Waals surface area contributed by atoms with Gasteiger partial charge in [-0.25, -0.2) is 18.1 Å². The number of ether oxygens (including phenoxy) is 1. The molecule has 33 heavy (non-hydrogen) atoms. The number of fused-ring (bicyclic) bond motifs is 1. The van der Waals surface area contributed by atoms with Gasteiger partial charge in [-0.15, -0.1) is 0 Å². The Morgan fingerprint density at radius 3 is 2.52 bits per heavy atom. The van der Waals surface area contributed by atoms with E-state index in [0.29, 0.717) is 11.4 Å². The highest BCUT2D eigenvalue weighted by Crippen LogP contribution is 2.27. The van der Waals surface area contributed by atoms with Crippen LogP contribution in [0.1, 0.15) is 35.4 Å². The highest BCUT2D eigenvalue weighted by atomic mass is 32.2. The summed E-state index contributed by atoms with van der Waals surface area (Å²) in [4.78, 5) is 17.8. The molecule has 0 radical (unpaired) electrons. The van der Waals surface area contributed by atoms with Crippen molar-refractivity contribution in [2.24, 2.45) is 0 Å². The number of imidazole rings is 1. The molecule has 0 bridgehead atoms. The van der Waals surface area contributed by atoms with Crippen LogP contribution in [0.5, 0.6) is 5.75 Å². The molecule has 0 saturated heterocycles. The maximum atomic E-state index is 13.0. The average molecular weight is 469 g/mol. The van der Waals surface area contributed by atoms with E-state index in [1.54, 1.807) is 12.1 Å². The molecular weight excluding hydrogens is 440 g/mol. The number of methoxy groups -OCH3 is 1. The van der Waals surface area contributed by atoms with Gasteiger partial charge in [0, 0.05) is 25.2 Å². The minimum atomic E-state index is -3.68. The zero-order valence-electron chi connectivity index (χ0n) is 18.6. The van der Waals surface area contributed by atoms with Crippen LogP contribution in [0.25, 0.3) is 11.4 Å². The van der Waals surface area contributed by atoms with Gasteiger partial charge >= 0.3 is 0 Å². The summed E-state index contributed by atoms with van der Waals surface area (Å²) in [7, 11) is -2.16. The van der Waals surface area contributed by atoms with Crippen LogP contribution in [-0.2, 0) is 23.0 Å². The van der Waals surface area contributed by atoms with Gasteiger partial charge in [-0.2, -0.15) is 0 Å². The molecule has 0 fully saturated rings. The van der Waals surface area contributed by atoms with Crippen LogP contribution in [0.3, 0.4) is 0 Å². The molecule has 8 nitrogen and oxygen atoms in total. The predicted molar refractivity (Wildman–Crippen MR) is 126 cm³/mol. The average Bonchev–Trinajstić information content (AvgIpc) is 3.03. The lowest BCUT2D eigenvalue weighted by Crippen LogP contribution is -2.35. The van der Waals surface area contributed by atoms with Gasteiger partial charge in [-0.1, -0.05) is 36.8 Å². The van der Waals surface area contributed by atoms with Crippen LogP contribution in [0.2, 0.25) is 0 Å². The second-order valence-electron chi connectivity index (χ2n) is 7.89. The first kappa shape index (κ1) is 23.0. The van der Waals surface area contributed by atoms with Gasteiger partial charge in [0.05, 0.1) is 17.7 Å². The Balaban J connectivity index is 1.43. The quantitative estimate of drug-likeness (QED) is 0.495. The summed E-state index contributed by atoms with van der Waals surface area (Å²) in [5, 5.41) is 2.81. The van der Waals surface area contributed by atoms with E-state index in [4.69, 9.17) is 9.72 Å². The summed E-state index contributed by atoms with van der Waals surface area (Å²) in [5.74, 6) is 1.10. The molecule has 4 rings (SSSR count). The second-order valence-corrected chi connectivity index (χ2v) is 9.66. The first-order valence-electron chi connectivity index (χ1n) is 11.1. The third-order valence-corrected chi connectivity index (χ3v) is 7.16. The van der Waals surface area contributed by atoms with Gasteiger partial charge < -0.3 is 14.6 Å². The topological polar surface area (TPSA) is 102 Å². The van der Waals surface area contributed by atoms with Crippen molar-refractivity contribution in [1.29, 1.82) is 0 Å². The number of carbonyl (C=O) groups is 1. The molecule has 0 spiro atoms. The van der Waals surface area contributed by atoms with E-state index in [0.717, 1.165) is 49.3 Å². The first-order valence-corrected chi connectivity index (χ1v) is 12.5. The fourth-order valence-electron chi connectivity index (χ4n) is 3.99. The molecule has 2 heterocycles. The van der Waals surface area contributed by atoms with Crippen LogP contribution in [0.4, 0.5) is 0 Å². The van der Waals surface area contributed by atoms with E-state index in [1.165, 1.54) is 19.2 Å². The Bertz CT molecular complexity index is 1210. The Morgan fingerprint density at radius 1 is 1.03 bits per heavy atom. The molecule has 9 heteroatoms. The number of nitrogens with one attached hydrogen (secondary N) is 2. The largest absolute Gasteiger partial charge is 0.497 e. The maximum absolute atomic E-state index is 13.0. The summed E-state index contributed by atoms with van der Waals surface area (Å²) >= 11 is 0. The smallest absolute Gasteiger partial charge is 0.271 e. The van der Waals surface area contributed by atoms with E-state index >= 15 is 0 Å². The van der Waals surface area contributed by atoms with Crippen molar-refractivity contribution in [2.45, 2.75) is 37.1 Å². The minimum absolute atomic E-state index is 0.0711. The number of amides is 1. The zero-order valence-corrected chi connectivity index (χ0v) is 19.4. The molecule has 1 aromatic heterocycles. The van der Waals surface area contributed by atoms with E-state index in [1.807, 2.05) is 30.3 Å². The van der Waals surface area contributed by atoms with Crippen molar-refractivity contribution >= 4 is 15.9 Å². The summed E-state index contributed by atoms with van der Waals surface area (Å²) in [6, 6.07) is 16.0. The standard InChI is InChI=1S/C24H28N4O4S/c1-32-19-11-13-20(14-12-19)33(30,31)26-16-15-25-24(29)22-21-10-6-3-7-17-28(21)23(27-22)18-8-4-2-5-9-18/h2,4-5,8-9,11-14,26H,3,6-7,10,15-17H2,1H3,(H,25,29). The molecule has 0 saturated carbocycles. The van der Waals surface area contributed by atoms with Gasteiger partial charge in [-0.05, 0) is 43.5 Å². The van der Waals surface area contributed by atoms with Gasteiger partial charge in [0.1, 0.15) is 17.3 Å². The van der Waals surface area contributed by atoms with Gasteiger partial charge in [0.2, 0.25) is 10.0 Å². The number of hydrogen-bond donors (Lipinski definition) is 2. The molecule has 1 aliphatic heterocycles. The van der Waals surface area contributed by atoms with Gasteiger partial charge in [0.15, 0.2) is 0 Å². The fraction of sp³-hybridized carbons (Fsp3) is 0.333. The van der Waals surface area contributed by atoms with E-state index in [9.17, 15) is 13.2 Å². The molecule has 1 aliphatic rings.